The van der Waals surface area contributed by atoms with Gasteiger partial charge < -0.3 is 4.57 Å². The number of nitrogens with zero attached hydrogens (tertiary/aromatic N) is 3. The van der Waals surface area contributed by atoms with Crippen LogP contribution >= 0.6 is 0 Å². The normalized spacial score (nSPS) is 17.0. The van der Waals surface area contributed by atoms with Crippen molar-refractivity contribution in [2.24, 2.45) is 5.92 Å². The fourth-order valence-corrected chi connectivity index (χ4v) is 3.08. The fraction of sp³-hybridized carbons (Fsp3) is 0.529. The minimum absolute atomic E-state index is 0.0274. The molecule has 3 rings (SSSR count). The maximum atomic E-state index is 12.3. The van der Waals surface area contributed by atoms with Crippen LogP contribution in [0.15, 0.2) is 24.3 Å². The molecule has 1 N–H and O–H groups in total. The number of imidazole rings is 1. The van der Waals surface area contributed by atoms with Crippen molar-refractivity contribution in [1.29, 1.82) is 0 Å². The summed E-state index contributed by atoms with van der Waals surface area (Å²) >= 11 is 0. The molecule has 2 aromatic rings. The van der Waals surface area contributed by atoms with Crippen LogP contribution in [0.1, 0.15) is 26.7 Å². The van der Waals surface area contributed by atoms with Crippen molar-refractivity contribution in [2.75, 3.05) is 25.0 Å². The first kappa shape index (κ1) is 15.0. The van der Waals surface area contributed by atoms with Crippen LogP contribution in [0.25, 0.3) is 11.0 Å². The number of benzene rings is 1. The summed E-state index contributed by atoms with van der Waals surface area (Å²) in [4.78, 5) is 19.1. The third-order valence-corrected chi connectivity index (χ3v) is 4.47. The zero-order valence-corrected chi connectivity index (χ0v) is 13.4. The molecule has 1 fully saturated rings. The van der Waals surface area contributed by atoms with Gasteiger partial charge in [-0.2, -0.15) is 0 Å². The lowest BCUT2D eigenvalue weighted by molar-refractivity contribution is -0.117. The zero-order chi connectivity index (χ0) is 15.5. The molecule has 5 nitrogen and oxygen atoms in total. The Labute approximate surface area is 131 Å². The molecule has 1 aromatic carbocycles. The van der Waals surface area contributed by atoms with E-state index in [-0.39, 0.29) is 5.91 Å². The van der Waals surface area contributed by atoms with Gasteiger partial charge in [0, 0.05) is 6.54 Å². The molecule has 118 valence electrons. The number of carbonyl (C=O) groups excluding carboxylic acids is 1. The first-order valence-electron chi connectivity index (χ1n) is 8.15. The van der Waals surface area contributed by atoms with E-state index in [2.05, 4.69) is 29.0 Å². The number of hydrogen-bond donors (Lipinski definition) is 1. The van der Waals surface area contributed by atoms with E-state index in [1.54, 1.807) is 0 Å². The van der Waals surface area contributed by atoms with Crippen LogP contribution in [0.4, 0.5) is 5.95 Å². The van der Waals surface area contributed by atoms with Crippen LogP contribution in [-0.2, 0) is 11.3 Å². The third kappa shape index (κ3) is 3.14. The van der Waals surface area contributed by atoms with Crippen molar-refractivity contribution in [3.63, 3.8) is 0 Å². The Morgan fingerprint density at radius 3 is 2.77 bits per heavy atom. The summed E-state index contributed by atoms with van der Waals surface area (Å²) in [7, 11) is 0. The van der Waals surface area contributed by atoms with Crippen molar-refractivity contribution in [1.82, 2.24) is 14.5 Å². The monoisotopic (exact) mass is 300 g/mol. The van der Waals surface area contributed by atoms with Gasteiger partial charge in [-0.1, -0.05) is 19.1 Å². The average molecular weight is 300 g/mol. The van der Waals surface area contributed by atoms with Gasteiger partial charge in [0.25, 0.3) is 0 Å². The third-order valence-electron chi connectivity index (χ3n) is 4.47. The number of likely N-dealkylation sites (tertiary alicyclic amines) is 1. The molecule has 5 heteroatoms. The van der Waals surface area contributed by atoms with E-state index < -0.39 is 0 Å². The first-order valence-corrected chi connectivity index (χ1v) is 8.15. The van der Waals surface area contributed by atoms with E-state index in [1.165, 1.54) is 12.8 Å². The zero-order valence-electron chi connectivity index (χ0n) is 13.4. The summed E-state index contributed by atoms with van der Waals surface area (Å²) in [6, 6.07) is 7.98. The Balaban J connectivity index is 1.68. The van der Waals surface area contributed by atoms with Gasteiger partial charge in [0.15, 0.2) is 0 Å². The predicted molar refractivity (Wildman–Crippen MR) is 88.9 cm³/mol. The molecule has 1 aliphatic rings. The van der Waals surface area contributed by atoms with Gasteiger partial charge in [0.1, 0.15) is 0 Å². The lowest BCUT2D eigenvalue weighted by atomic mass is 9.99. The SMILES string of the molecule is CCn1c(NC(=O)CN2CCC(C)CC2)nc2ccccc21. The summed E-state index contributed by atoms with van der Waals surface area (Å²) in [5.41, 5.74) is 1.98. The molecule has 2 heterocycles. The number of fused-ring (bicyclic) bond motifs is 1. The number of piperidine rings is 1. The maximum Gasteiger partial charge on any atom is 0.240 e. The van der Waals surface area contributed by atoms with Crippen LogP contribution in [0.5, 0.6) is 0 Å². The number of rotatable bonds is 4. The van der Waals surface area contributed by atoms with Crippen molar-refractivity contribution in [2.45, 2.75) is 33.2 Å². The molecule has 0 unspecified atom stereocenters. The Hall–Kier alpha value is -1.88. The Morgan fingerprint density at radius 2 is 2.05 bits per heavy atom. The van der Waals surface area contributed by atoms with E-state index in [0.717, 1.165) is 36.6 Å². The molecule has 0 bridgehead atoms. The average Bonchev–Trinajstić information content (AvgIpc) is 2.86. The highest BCUT2D eigenvalue weighted by atomic mass is 16.2. The van der Waals surface area contributed by atoms with Gasteiger partial charge >= 0.3 is 0 Å². The summed E-state index contributed by atoms with van der Waals surface area (Å²) < 4.78 is 2.05. The van der Waals surface area contributed by atoms with Crippen molar-refractivity contribution in [3.8, 4) is 0 Å². The fourth-order valence-electron chi connectivity index (χ4n) is 3.08. The molecule has 0 aliphatic carbocycles. The summed E-state index contributed by atoms with van der Waals surface area (Å²) in [5.74, 6) is 1.46. The summed E-state index contributed by atoms with van der Waals surface area (Å²) in [5, 5.41) is 2.98. The summed E-state index contributed by atoms with van der Waals surface area (Å²) in [6.45, 7) is 7.62. The highest BCUT2D eigenvalue weighted by Crippen LogP contribution is 2.20. The number of aryl methyl sites for hydroxylation is 1. The molecule has 0 atom stereocenters. The Morgan fingerprint density at radius 1 is 1.32 bits per heavy atom. The lowest BCUT2D eigenvalue weighted by Crippen LogP contribution is -2.39. The van der Waals surface area contributed by atoms with Gasteiger partial charge in [-0.25, -0.2) is 4.98 Å². The van der Waals surface area contributed by atoms with Crippen LogP contribution in [0, 0.1) is 5.92 Å². The van der Waals surface area contributed by atoms with Crippen LogP contribution in [0.3, 0.4) is 0 Å². The highest BCUT2D eigenvalue weighted by Gasteiger charge is 2.19. The van der Waals surface area contributed by atoms with Crippen molar-refractivity contribution >= 4 is 22.9 Å². The first-order chi connectivity index (χ1) is 10.7. The molecule has 1 aromatic heterocycles. The number of amides is 1. The number of nitrogens with one attached hydrogen (secondary N) is 1. The van der Waals surface area contributed by atoms with Gasteiger partial charge in [0.2, 0.25) is 11.9 Å². The number of para-hydroxylation sites is 2. The molecular weight excluding hydrogens is 276 g/mol. The van der Waals surface area contributed by atoms with Crippen LogP contribution < -0.4 is 5.32 Å². The Kier molecular flexibility index (Phi) is 4.43. The quantitative estimate of drug-likeness (QED) is 0.944. The number of hydrogen-bond acceptors (Lipinski definition) is 3. The van der Waals surface area contributed by atoms with Gasteiger partial charge in [-0.15, -0.1) is 0 Å². The van der Waals surface area contributed by atoms with Gasteiger partial charge in [0.05, 0.1) is 17.6 Å². The molecule has 1 amide bonds. The lowest BCUT2D eigenvalue weighted by Gasteiger charge is -2.29. The number of aromatic nitrogens is 2. The second-order valence-corrected chi connectivity index (χ2v) is 6.18. The van der Waals surface area contributed by atoms with E-state index >= 15 is 0 Å². The highest BCUT2D eigenvalue weighted by molar-refractivity contribution is 5.92. The topological polar surface area (TPSA) is 50.2 Å². The molecule has 1 aliphatic heterocycles. The van der Waals surface area contributed by atoms with E-state index in [0.29, 0.717) is 12.5 Å². The molecule has 1 saturated heterocycles. The molecule has 0 saturated carbocycles. The smallest absolute Gasteiger partial charge is 0.240 e. The van der Waals surface area contributed by atoms with Crippen molar-refractivity contribution in [3.05, 3.63) is 24.3 Å². The predicted octanol–water partition coefficient (Wildman–Crippen LogP) is 2.73. The molecule has 0 spiro atoms. The maximum absolute atomic E-state index is 12.3. The van der Waals surface area contributed by atoms with Gasteiger partial charge in [-0.05, 0) is 50.9 Å². The van der Waals surface area contributed by atoms with Gasteiger partial charge in [-0.3, -0.25) is 15.0 Å². The van der Waals surface area contributed by atoms with E-state index in [4.69, 9.17) is 0 Å². The largest absolute Gasteiger partial charge is 0.310 e. The second kappa shape index (κ2) is 6.48. The van der Waals surface area contributed by atoms with Crippen molar-refractivity contribution < 1.29 is 4.79 Å². The summed E-state index contributed by atoms with van der Waals surface area (Å²) in [6.07, 6.45) is 2.36. The molecular formula is C17H24N4O. The van der Waals surface area contributed by atoms with E-state index in [1.807, 2.05) is 28.8 Å². The number of carbonyl (C=O) groups is 1. The van der Waals surface area contributed by atoms with Crippen LogP contribution in [0.2, 0.25) is 0 Å². The standard InChI is InChI=1S/C17H24N4O/c1-3-21-15-7-5-4-6-14(15)18-17(21)19-16(22)12-20-10-8-13(2)9-11-20/h4-7,13H,3,8-12H2,1-2H3,(H,18,19,22). The van der Waals surface area contributed by atoms with Crippen LogP contribution in [-0.4, -0.2) is 40.0 Å². The molecule has 22 heavy (non-hydrogen) atoms. The van der Waals surface area contributed by atoms with E-state index in [9.17, 15) is 4.79 Å². The Bertz CT molecular complexity index is 656. The minimum Gasteiger partial charge on any atom is -0.310 e. The number of anilines is 1. The molecule has 0 radical (unpaired) electrons. The minimum atomic E-state index is 0.0274. The second-order valence-electron chi connectivity index (χ2n) is 6.18.